The normalized spacial score (nSPS) is 11.7. The first kappa shape index (κ1) is 30.3. The fourth-order valence-electron chi connectivity index (χ4n) is 7.75. The van der Waals surface area contributed by atoms with Crippen molar-refractivity contribution < 1.29 is 8.83 Å². The van der Waals surface area contributed by atoms with E-state index in [4.69, 9.17) is 23.8 Å². The molecule has 0 spiro atoms. The maximum absolute atomic E-state index is 6.53. The third-order valence-corrected chi connectivity index (χ3v) is 10.4. The highest BCUT2D eigenvalue weighted by atomic mass is 16.3. The van der Waals surface area contributed by atoms with E-state index in [0.29, 0.717) is 17.5 Å². The molecule has 11 aromatic rings. The van der Waals surface area contributed by atoms with E-state index < -0.39 is 0 Å². The van der Waals surface area contributed by atoms with Gasteiger partial charge in [0.25, 0.3) is 0 Å². The third-order valence-electron chi connectivity index (χ3n) is 10.4. The summed E-state index contributed by atoms with van der Waals surface area (Å²) >= 11 is 0. The standard InChI is InChI=1S/C49H29N3O2/c1-2-11-30(12-3-1)32-21-24-33(25-22-32)36-27-28-43-44(39-16-7-9-20-42(39)53-43)45(36)49-51-47(35-26-23-31-13-4-5-14-34(31)29-35)50-48(52-49)40-18-10-17-38-37-15-6-8-19-41(37)54-46(38)40/h1-29H. The van der Waals surface area contributed by atoms with Gasteiger partial charge in [0.05, 0.1) is 5.56 Å². The molecule has 0 saturated carbocycles. The van der Waals surface area contributed by atoms with Crippen LogP contribution in [0.4, 0.5) is 0 Å². The zero-order chi connectivity index (χ0) is 35.6. The monoisotopic (exact) mass is 691 g/mol. The SMILES string of the molecule is c1ccc(-c2ccc(-c3ccc4oc5ccccc5c4c3-c3nc(-c4ccc5ccccc5c4)nc(-c4cccc5c4oc4ccccc45)n3)cc2)cc1. The summed E-state index contributed by atoms with van der Waals surface area (Å²) in [7, 11) is 0. The van der Waals surface area contributed by atoms with Crippen LogP contribution < -0.4 is 0 Å². The minimum absolute atomic E-state index is 0.531. The Morgan fingerprint density at radius 2 is 0.963 bits per heavy atom. The van der Waals surface area contributed by atoms with Crippen LogP contribution in [-0.4, -0.2) is 15.0 Å². The summed E-state index contributed by atoms with van der Waals surface area (Å²) < 4.78 is 13.0. The number of aromatic nitrogens is 3. The van der Waals surface area contributed by atoms with E-state index in [0.717, 1.165) is 88.0 Å². The van der Waals surface area contributed by atoms with E-state index in [1.807, 2.05) is 54.6 Å². The lowest BCUT2D eigenvalue weighted by Crippen LogP contribution is -2.02. The second kappa shape index (κ2) is 12.1. The van der Waals surface area contributed by atoms with E-state index in [9.17, 15) is 0 Å². The Kier molecular flexibility index (Phi) is 6.79. The topological polar surface area (TPSA) is 65.0 Å². The van der Waals surface area contributed by atoms with Crippen LogP contribution in [0.2, 0.25) is 0 Å². The van der Waals surface area contributed by atoms with Crippen LogP contribution in [0.15, 0.2) is 185 Å². The molecule has 5 nitrogen and oxygen atoms in total. The molecule has 0 radical (unpaired) electrons. The maximum Gasteiger partial charge on any atom is 0.167 e. The van der Waals surface area contributed by atoms with Crippen molar-refractivity contribution in [2.75, 3.05) is 0 Å². The minimum atomic E-state index is 0.531. The first-order valence-electron chi connectivity index (χ1n) is 18.0. The number of hydrogen-bond acceptors (Lipinski definition) is 5. The molecule has 5 heteroatoms. The lowest BCUT2D eigenvalue weighted by Gasteiger charge is -2.14. The van der Waals surface area contributed by atoms with Crippen molar-refractivity contribution in [1.82, 2.24) is 15.0 Å². The van der Waals surface area contributed by atoms with Gasteiger partial charge in [-0.1, -0.05) is 140 Å². The smallest absolute Gasteiger partial charge is 0.167 e. The number of nitrogens with zero attached hydrogens (tertiary/aromatic N) is 3. The van der Waals surface area contributed by atoms with Gasteiger partial charge in [-0.2, -0.15) is 0 Å². The van der Waals surface area contributed by atoms with Gasteiger partial charge in [-0.05, 0) is 69.4 Å². The molecule has 252 valence electrons. The number of rotatable bonds is 5. The highest BCUT2D eigenvalue weighted by molar-refractivity contribution is 6.15. The molecule has 11 rings (SSSR count). The van der Waals surface area contributed by atoms with Crippen LogP contribution in [0.25, 0.3) is 111 Å². The highest BCUT2D eigenvalue weighted by Crippen LogP contribution is 2.43. The van der Waals surface area contributed by atoms with Gasteiger partial charge in [0.2, 0.25) is 0 Å². The van der Waals surface area contributed by atoms with Crippen molar-refractivity contribution >= 4 is 54.6 Å². The summed E-state index contributed by atoms with van der Waals surface area (Å²) in [5, 5.41) is 6.28. The molecule has 0 aliphatic carbocycles. The van der Waals surface area contributed by atoms with Gasteiger partial charge in [0, 0.05) is 32.7 Å². The largest absolute Gasteiger partial charge is 0.456 e. The van der Waals surface area contributed by atoms with Crippen molar-refractivity contribution in [3.63, 3.8) is 0 Å². The van der Waals surface area contributed by atoms with Crippen LogP contribution in [0, 0.1) is 0 Å². The van der Waals surface area contributed by atoms with Crippen molar-refractivity contribution in [2.45, 2.75) is 0 Å². The summed E-state index contributed by atoms with van der Waals surface area (Å²) in [6.07, 6.45) is 0. The Morgan fingerprint density at radius 3 is 1.81 bits per heavy atom. The van der Waals surface area contributed by atoms with Gasteiger partial charge in [0.15, 0.2) is 17.5 Å². The van der Waals surface area contributed by atoms with Crippen LogP contribution in [-0.2, 0) is 0 Å². The average molecular weight is 692 g/mol. The molecule has 0 amide bonds. The Balaban J connectivity index is 1.21. The third kappa shape index (κ3) is 4.90. The molecule has 54 heavy (non-hydrogen) atoms. The molecule has 3 heterocycles. The molecular weight excluding hydrogens is 663 g/mol. The fourth-order valence-corrected chi connectivity index (χ4v) is 7.75. The van der Waals surface area contributed by atoms with Crippen LogP contribution in [0.1, 0.15) is 0 Å². The van der Waals surface area contributed by atoms with Crippen molar-refractivity contribution in [3.05, 3.63) is 176 Å². The molecule has 0 N–H and O–H groups in total. The summed E-state index contributed by atoms with van der Waals surface area (Å²) in [6, 6.07) is 60.5. The maximum atomic E-state index is 6.53. The predicted octanol–water partition coefficient (Wildman–Crippen LogP) is 13.2. The average Bonchev–Trinajstić information content (AvgIpc) is 3.82. The quantitative estimate of drug-likeness (QED) is 0.180. The first-order valence-corrected chi connectivity index (χ1v) is 18.0. The van der Waals surface area contributed by atoms with Crippen LogP contribution in [0.5, 0.6) is 0 Å². The van der Waals surface area contributed by atoms with Crippen LogP contribution in [0.3, 0.4) is 0 Å². The molecule has 3 aromatic heterocycles. The molecule has 0 fully saturated rings. The van der Waals surface area contributed by atoms with E-state index in [1.165, 1.54) is 5.56 Å². The number of furan rings is 2. The first-order chi connectivity index (χ1) is 26.7. The van der Waals surface area contributed by atoms with Gasteiger partial charge >= 0.3 is 0 Å². The number of para-hydroxylation sites is 3. The summed E-state index contributed by atoms with van der Waals surface area (Å²) in [6.45, 7) is 0. The number of hydrogen-bond donors (Lipinski definition) is 0. The summed E-state index contributed by atoms with van der Waals surface area (Å²) in [5.74, 6) is 1.66. The summed E-state index contributed by atoms with van der Waals surface area (Å²) in [5.41, 5.74) is 10.1. The number of benzene rings is 8. The van der Waals surface area contributed by atoms with Gasteiger partial charge in [0.1, 0.15) is 22.3 Å². The zero-order valence-corrected chi connectivity index (χ0v) is 28.9. The van der Waals surface area contributed by atoms with Gasteiger partial charge in [-0.3, -0.25) is 0 Å². The Bertz CT molecular complexity index is 3210. The van der Waals surface area contributed by atoms with E-state index >= 15 is 0 Å². The summed E-state index contributed by atoms with van der Waals surface area (Å²) in [4.78, 5) is 15.9. The molecule has 0 unspecified atom stereocenters. The molecule has 8 aromatic carbocycles. The molecule has 0 atom stereocenters. The molecule has 0 aliphatic rings. The minimum Gasteiger partial charge on any atom is -0.456 e. The Morgan fingerprint density at radius 1 is 0.333 bits per heavy atom. The fraction of sp³-hybridized carbons (Fsp3) is 0. The molecule has 0 saturated heterocycles. The number of fused-ring (bicyclic) bond motifs is 7. The molecule has 0 aliphatic heterocycles. The lowest BCUT2D eigenvalue weighted by molar-refractivity contribution is 0.668. The van der Waals surface area contributed by atoms with Crippen molar-refractivity contribution in [1.29, 1.82) is 0 Å². The molecule has 0 bridgehead atoms. The van der Waals surface area contributed by atoms with E-state index in [1.54, 1.807) is 0 Å². The van der Waals surface area contributed by atoms with Crippen molar-refractivity contribution in [3.8, 4) is 56.4 Å². The van der Waals surface area contributed by atoms with Crippen molar-refractivity contribution in [2.24, 2.45) is 0 Å². The highest BCUT2D eigenvalue weighted by Gasteiger charge is 2.23. The molecular formula is C49H29N3O2. The zero-order valence-electron chi connectivity index (χ0n) is 28.9. The van der Waals surface area contributed by atoms with Gasteiger partial charge < -0.3 is 8.83 Å². The second-order valence-corrected chi connectivity index (χ2v) is 13.6. The van der Waals surface area contributed by atoms with Gasteiger partial charge in [-0.15, -0.1) is 0 Å². The Labute approximate surface area is 309 Å². The van der Waals surface area contributed by atoms with Gasteiger partial charge in [-0.25, -0.2) is 15.0 Å². The predicted molar refractivity (Wildman–Crippen MR) is 219 cm³/mol. The van der Waals surface area contributed by atoms with Crippen LogP contribution >= 0.6 is 0 Å². The Hall–Kier alpha value is -7.37. The van der Waals surface area contributed by atoms with E-state index in [2.05, 4.69) is 121 Å². The second-order valence-electron chi connectivity index (χ2n) is 13.6. The van der Waals surface area contributed by atoms with E-state index in [-0.39, 0.29) is 0 Å². The lowest BCUT2D eigenvalue weighted by atomic mass is 9.93.